The van der Waals surface area contributed by atoms with Crippen molar-refractivity contribution in [2.24, 2.45) is 16.7 Å². The van der Waals surface area contributed by atoms with Crippen LogP contribution in [0.1, 0.15) is 5.56 Å². The molecule has 3 rings (SSSR count). The van der Waals surface area contributed by atoms with Gasteiger partial charge in [-0.05, 0) is 17.5 Å². The Labute approximate surface area is 106 Å². The monoisotopic (exact) mass is 258 g/mol. The lowest BCUT2D eigenvalue weighted by Gasteiger charge is -2.03. The molecule has 0 unspecified atom stereocenters. The van der Waals surface area contributed by atoms with E-state index < -0.39 is 0 Å². The molecule has 1 aromatic carbocycles. The van der Waals surface area contributed by atoms with Gasteiger partial charge < -0.3 is 16.6 Å². The molecular weight excluding hydrogens is 248 g/mol. The molecule has 0 spiro atoms. The van der Waals surface area contributed by atoms with Crippen molar-refractivity contribution in [3.8, 4) is 0 Å². The van der Waals surface area contributed by atoms with Crippen LogP contribution < -0.4 is 17.1 Å². The minimum atomic E-state index is -0.0980. The maximum atomic E-state index is 11.9. The van der Waals surface area contributed by atoms with Crippen molar-refractivity contribution in [3.05, 3.63) is 45.6 Å². The molecule has 2 heterocycles. The maximum Gasteiger partial charge on any atom is 0.257 e. The summed E-state index contributed by atoms with van der Waals surface area (Å²) in [5, 5.41) is 7.05. The number of nitrogens with zero attached hydrogens (tertiary/aromatic N) is 1. The number of aromatic amines is 1. The predicted molar refractivity (Wildman–Crippen MR) is 74.9 cm³/mol. The number of aromatic nitrogens is 1. The number of H-pyrrole nitrogens is 1. The quantitative estimate of drug-likeness (QED) is 0.266. The zero-order chi connectivity index (χ0) is 12.7. The second kappa shape index (κ2) is 3.85. The highest BCUT2D eigenvalue weighted by Gasteiger charge is 2.07. The summed E-state index contributed by atoms with van der Waals surface area (Å²) in [4.78, 5) is 14.7. The zero-order valence-electron chi connectivity index (χ0n) is 9.31. The van der Waals surface area contributed by atoms with Crippen LogP contribution >= 0.6 is 11.3 Å². The number of nitrogens with one attached hydrogen (secondary N) is 1. The van der Waals surface area contributed by atoms with Crippen molar-refractivity contribution in [3.63, 3.8) is 0 Å². The minimum Gasteiger partial charge on any atom is -0.382 e. The number of thiophene rings is 1. The third-order valence-electron chi connectivity index (χ3n) is 2.86. The van der Waals surface area contributed by atoms with Crippen LogP contribution in [0.3, 0.4) is 0 Å². The van der Waals surface area contributed by atoms with Crippen LogP contribution in [0.4, 0.5) is 0 Å². The van der Waals surface area contributed by atoms with Crippen molar-refractivity contribution < 1.29 is 0 Å². The van der Waals surface area contributed by atoms with Crippen molar-refractivity contribution in [1.29, 1.82) is 0 Å². The van der Waals surface area contributed by atoms with Crippen molar-refractivity contribution >= 4 is 38.2 Å². The average Bonchev–Trinajstić information content (AvgIpc) is 2.87. The summed E-state index contributed by atoms with van der Waals surface area (Å²) in [6.45, 7) is 0. The first-order chi connectivity index (χ1) is 8.70. The van der Waals surface area contributed by atoms with E-state index in [0.29, 0.717) is 10.9 Å². The number of amidine groups is 1. The third-order valence-corrected chi connectivity index (χ3v) is 3.80. The van der Waals surface area contributed by atoms with E-state index in [2.05, 4.69) is 10.1 Å². The van der Waals surface area contributed by atoms with Crippen molar-refractivity contribution in [2.45, 2.75) is 0 Å². The van der Waals surface area contributed by atoms with Crippen molar-refractivity contribution in [1.82, 2.24) is 4.98 Å². The number of hydrogen-bond donors (Lipinski definition) is 3. The summed E-state index contributed by atoms with van der Waals surface area (Å²) in [5.74, 6) is 5.38. The van der Waals surface area contributed by atoms with Gasteiger partial charge in [0.15, 0.2) is 0 Å². The van der Waals surface area contributed by atoms with E-state index in [9.17, 15) is 4.79 Å². The smallest absolute Gasteiger partial charge is 0.257 e. The van der Waals surface area contributed by atoms with E-state index in [1.165, 1.54) is 0 Å². The van der Waals surface area contributed by atoms with E-state index in [-0.39, 0.29) is 11.4 Å². The molecule has 0 aliphatic carbocycles. The van der Waals surface area contributed by atoms with E-state index in [1.807, 2.05) is 23.6 Å². The van der Waals surface area contributed by atoms with Gasteiger partial charge >= 0.3 is 0 Å². The Bertz CT molecular complexity index is 831. The van der Waals surface area contributed by atoms with Gasteiger partial charge in [-0.15, -0.1) is 11.3 Å². The van der Waals surface area contributed by atoms with Crippen LogP contribution in [-0.4, -0.2) is 10.8 Å². The van der Waals surface area contributed by atoms with Crippen LogP contribution in [-0.2, 0) is 0 Å². The number of hydrogen-bond acceptors (Lipinski definition) is 4. The summed E-state index contributed by atoms with van der Waals surface area (Å²) in [6, 6.07) is 7.35. The van der Waals surface area contributed by atoms with Gasteiger partial charge in [-0.2, -0.15) is 5.10 Å². The van der Waals surface area contributed by atoms with Crippen LogP contribution in [0.25, 0.3) is 21.0 Å². The number of pyridine rings is 1. The Morgan fingerprint density at radius 1 is 1.28 bits per heavy atom. The predicted octanol–water partition coefficient (Wildman–Crippen LogP) is 1.32. The Hall–Kier alpha value is -2.34. The first-order valence-electron chi connectivity index (χ1n) is 5.27. The van der Waals surface area contributed by atoms with Crippen LogP contribution in [0, 0.1) is 0 Å². The highest BCUT2D eigenvalue weighted by molar-refractivity contribution is 7.18. The normalized spacial score (nSPS) is 12.3. The van der Waals surface area contributed by atoms with Crippen LogP contribution in [0.2, 0.25) is 0 Å². The molecule has 0 fully saturated rings. The molecule has 0 aliphatic heterocycles. The van der Waals surface area contributed by atoms with Crippen molar-refractivity contribution in [2.75, 3.05) is 0 Å². The zero-order valence-corrected chi connectivity index (χ0v) is 10.1. The molecule has 0 amide bonds. The molecule has 5 nitrogen and oxygen atoms in total. The Balaban J connectivity index is 2.42. The summed E-state index contributed by atoms with van der Waals surface area (Å²) in [5.41, 5.74) is 6.98. The fourth-order valence-electron chi connectivity index (χ4n) is 1.97. The summed E-state index contributed by atoms with van der Waals surface area (Å²) < 4.78 is 0.976. The van der Waals surface area contributed by atoms with Gasteiger partial charge in [-0.1, -0.05) is 12.1 Å². The Morgan fingerprint density at radius 2 is 2.11 bits per heavy atom. The first-order valence-corrected chi connectivity index (χ1v) is 6.15. The molecule has 0 atom stereocenters. The fourth-order valence-corrected chi connectivity index (χ4v) is 2.90. The van der Waals surface area contributed by atoms with Gasteiger partial charge in [0, 0.05) is 15.6 Å². The second-order valence-corrected chi connectivity index (χ2v) is 4.81. The van der Waals surface area contributed by atoms with E-state index in [0.717, 1.165) is 15.6 Å². The Morgan fingerprint density at radius 3 is 2.89 bits per heavy atom. The average molecular weight is 258 g/mol. The topological polar surface area (TPSA) is 97.3 Å². The molecule has 0 saturated carbocycles. The van der Waals surface area contributed by atoms with Gasteiger partial charge in [-0.3, -0.25) is 4.79 Å². The van der Waals surface area contributed by atoms with Gasteiger partial charge in [0.2, 0.25) is 0 Å². The third kappa shape index (κ3) is 1.46. The molecule has 0 aliphatic rings. The maximum absolute atomic E-state index is 11.9. The lowest BCUT2D eigenvalue weighted by Crippen LogP contribution is -2.15. The molecule has 0 saturated heterocycles. The summed E-state index contributed by atoms with van der Waals surface area (Å²) in [7, 11) is 0. The van der Waals surface area contributed by atoms with Gasteiger partial charge in [0.25, 0.3) is 5.56 Å². The lowest BCUT2D eigenvalue weighted by atomic mass is 10.1. The molecule has 3 aromatic rings. The van der Waals surface area contributed by atoms with Gasteiger partial charge in [0.05, 0.1) is 10.9 Å². The van der Waals surface area contributed by atoms with E-state index in [1.54, 1.807) is 17.4 Å². The van der Waals surface area contributed by atoms with Crippen LogP contribution in [0.15, 0.2) is 39.5 Å². The number of rotatable bonds is 1. The number of hydrazone groups is 1. The minimum absolute atomic E-state index is 0.0980. The standard InChI is InChI=1S/C12H10N4OS/c13-11(16-14)6-1-2-7-9(5-6)15-12(17)8-3-4-18-10(7)8/h1-5H,14H2,(H2,13,16)(H,15,17). The van der Waals surface area contributed by atoms with Gasteiger partial charge in [-0.25, -0.2) is 0 Å². The highest BCUT2D eigenvalue weighted by atomic mass is 32.1. The SMILES string of the molecule is N/N=C(\N)c1ccc2c(c1)[nH]c(=O)c1ccsc12. The lowest BCUT2D eigenvalue weighted by molar-refractivity contribution is 1.23. The Kier molecular flexibility index (Phi) is 2.31. The van der Waals surface area contributed by atoms with Gasteiger partial charge in [0.1, 0.15) is 5.84 Å². The number of nitrogens with two attached hydrogens (primary N) is 2. The second-order valence-electron chi connectivity index (χ2n) is 3.89. The van der Waals surface area contributed by atoms with E-state index >= 15 is 0 Å². The van der Waals surface area contributed by atoms with Crippen LogP contribution in [0.5, 0.6) is 0 Å². The largest absolute Gasteiger partial charge is 0.382 e. The molecule has 5 N–H and O–H groups in total. The first kappa shape index (κ1) is 10.8. The summed E-state index contributed by atoms with van der Waals surface area (Å²) >= 11 is 1.54. The highest BCUT2D eigenvalue weighted by Crippen LogP contribution is 2.26. The molecule has 2 aromatic heterocycles. The number of benzene rings is 1. The molecule has 18 heavy (non-hydrogen) atoms. The molecule has 90 valence electrons. The molecule has 6 heteroatoms. The molecular formula is C12H10N4OS. The van der Waals surface area contributed by atoms with E-state index in [4.69, 9.17) is 11.6 Å². The fraction of sp³-hybridized carbons (Fsp3) is 0. The molecule has 0 bridgehead atoms. The molecule has 0 radical (unpaired) electrons. The number of fused-ring (bicyclic) bond motifs is 3. The summed E-state index contributed by atoms with van der Waals surface area (Å²) in [6.07, 6.45) is 0.